The minimum Gasteiger partial charge on any atom is -0.379 e. The van der Waals surface area contributed by atoms with Gasteiger partial charge in [0, 0.05) is 13.0 Å². The first-order valence-electron chi connectivity index (χ1n) is 5.96. The third-order valence-electron chi connectivity index (χ3n) is 2.95. The van der Waals surface area contributed by atoms with Crippen LogP contribution in [0, 0.1) is 15.9 Å². The third kappa shape index (κ3) is 3.39. The fourth-order valence-electron chi connectivity index (χ4n) is 1.93. The molecule has 0 aliphatic carbocycles. The monoisotopic (exact) mass is 270 g/mol. The van der Waals surface area contributed by atoms with E-state index in [1.54, 1.807) is 0 Å². The molecule has 0 aromatic heterocycles. The molecule has 0 spiro atoms. The molecule has 1 aliphatic rings. The Morgan fingerprint density at radius 3 is 2.79 bits per heavy atom. The van der Waals surface area contributed by atoms with Crippen LogP contribution in [0.15, 0.2) is 18.2 Å². The number of benzene rings is 1. The number of nitro groups is 1. The maximum Gasteiger partial charge on any atom is 0.295 e. The third-order valence-corrected chi connectivity index (χ3v) is 2.95. The van der Waals surface area contributed by atoms with Gasteiger partial charge in [-0.25, -0.2) is 4.39 Å². The molecule has 104 valence electrons. The predicted molar refractivity (Wildman–Crippen MR) is 66.5 cm³/mol. The number of hydrogen-bond acceptors (Lipinski definition) is 5. The van der Waals surface area contributed by atoms with E-state index in [2.05, 4.69) is 5.32 Å². The van der Waals surface area contributed by atoms with Crippen LogP contribution >= 0.6 is 0 Å². The van der Waals surface area contributed by atoms with Crippen molar-refractivity contribution in [3.63, 3.8) is 0 Å². The molecule has 0 radical (unpaired) electrons. The van der Waals surface area contributed by atoms with E-state index in [0.29, 0.717) is 26.2 Å². The van der Waals surface area contributed by atoms with Crippen LogP contribution in [0.3, 0.4) is 0 Å². The first-order chi connectivity index (χ1) is 9.00. The van der Waals surface area contributed by atoms with Crippen LogP contribution in [0.5, 0.6) is 0 Å². The maximum atomic E-state index is 13.0. The van der Waals surface area contributed by atoms with Gasteiger partial charge in [0.2, 0.25) is 0 Å². The standard InChI is InChI=1S/C12H15FN2O4/c1-12(18-6-7-19-12)4-5-14-10-3-2-9(13)8-11(10)15(16)17/h2-3,8,14H,4-7H2,1H3. The molecular formula is C12H15FN2O4. The van der Waals surface area contributed by atoms with Crippen LogP contribution in [-0.4, -0.2) is 30.5 Å². The summed E-state index contributed by atoms with van der Waals surface area (Å²) >= 11 is 0. The summed E-state index contributed by atoms with van der Waals surface area (Å²) in [5.74, 6) is -1.28. The van der Waals surface area contributed by atoms with E-state index >= 15 is 0 Å². The van der Waals surface area contributed by atoms with Gasteiger partial charge in [0.1, 0.15) is 11.5 Å². The highest BCUT2D eigenvalue weighted by molar-refractivity contribution is 5.61. The number of halogens is 1. The van der Waals surface area contributed by atoms with E-state index in [0.717, 1.165) is 6.07 Å². The van der Waals surface area contributed by atoms with Gasteiger partial charge in [0.25, 0.3) is 5.69 Å². The summed E-state index contributed by atoms with van der Waals surface area (Å²) in [4.78, 5) is 10.2. The summed E-state index contributed by atoms with van der Waals surface area (Å²) in [6.07, 6.45) is 0.543. The minimum absolute atomic E-state index is 0.279. The molecule has 2 rings (SSSR count). The van der Waals surface area contributed by atoms with E-state index in [9.17, 15) is 14.5 Å². The first-order valence-corrected chi connectivity index (χ1v) is 5.96. The van der Waals surface area contributed by atoms with Gasteiger partial charge in [-0.2, -0.15) is 0 Å². The van der Waals surface area contributed by atoms with Gasteiger partial charge in [0.15, 0.2) is 5.79 Å². The van der Waals surface area contributed by atoms with E-state index in [1.165, 1.54) is 12.1 Å². The van der Waals surface area contributed by atoms with Crippen molar-refractivity contribution in [2.24, 2.45) is 0 Å². The van der Waals surface area contributed by atoms with Crippen molar-refractivity contribution in [1.29, 1.82) is 0 Å². The Bertz CT molecular complexity index is 475. The summed E-state index contributed by atoms with van der Waals surface area (Å²) in [7, 11) is 0. The molecule has 6 nitrogen and oxygen atoms in total. The Kier molecular flexibility index (Phi) is 3.96. The number of nitro benzene ring substituents is 1. The zero-order valence-electron chi connectivity index (χ0n) is 10.5. The minimum atomic E-state index is -0.651. The summed E-state index contributed by atoms with van der Waals surface area (Å²) < 4.78 is 23.8. The molecule has 0 bridgehead atoms. The smallest absolute Gasteiger partial charge is 0.295 e. The zero-order chi connectivity index (χ0) is 13.9. The first kappa shape index (κ1) is 13.7. The number of anilines is 1. The average molecular weight is 270 g/mol. The van der Waals surface area contributed by atoms with Gasteiger partial charge >= 0.3 is 0 Å². The molecular weight excluding hydrogens is 255 g/mol. The molecule has 7 heteroatoms. The molecule has 1 aliphatic heterocycles. The molecule has 1 saturated heterocycles. The molecule has 19 heavy (non-hydrogen) atoms. The largest absolute Gasteiger partial charge is 0.379 e. The topological polar surface area (TPSA) is 73.6 Å². The number of nitrogens with one attached hydrogen (secondary N) is 1. The molecule has 1 N–H and O–H groups in total. The zero-order valence-corrected chi connectivity index (χ0v) is 10.5. The van der Waals surface area contributed by atoms with Crippen molar-refractivity contribution in [3.8, 4) is 0 Å². The highest BCUT2D eigenvalue weighted by Crippen LogP contribution is 2.26. The van der Waals surface area contributed by atoms with Gasteiger partial charge < -0.3 is 14.8 Å². The van der Waals surface area contributed by atoms with Gasteiger partial charge in [-0.1, -0.05) is 0 Å². The van der Waals surface area contributed by atoms with Crippen LogP contribution < -0.4 is 5.32 Å². The number of rotatable bonds is 5. The molecule has 1 heterocycles. The lowest BCUT2D eigenvalue weighted by Gasteiger charge is -2.22. The molecule has 0 amide bonds. The highest BCUT2D eigenvalue weighted by atomic mass is 19.1. The van der Waals surface area contributed by atoms with Gasteiger partial charge in [-0.05, 0) is 19.1 Å². The fraction of sp³-hybridized carbons (Fsp3) is 0.500. The maximum absolute atomic E-state index is 13.0. The second kappa shape index (κ2) is 5.50. The van der Waals surface area contributed by atoms with Crippen LogP contribution in [-0.2, 0) is 9.47 Å². The molecule has 0 unspecified atom stereocenters. The Balaban J connectivity index is 1.97. The SMILES string of the molecule is CC1(CCNc2ccc(F)cc2[N+](=O)[O-])OCCO1. The number of ether oxygens (including phenoxy) is 2. The van der Waals surface area contributed by atoms with Crippen LogP contribution in [0.2, 0.25) is 0 Å². The highest BCUT2D eigenvalue weighted by Gasteiger charge is 2.30. The summed E-state index contributed by atoms with van der Waals surface area (Å²) in [5.41, 5.74) is 0.00593. The predicted octanol–water partition coefficient (Wildman–Crippen LogP) is 2.30. The van der Waals surface area contributed by atoms with Crippen LogP contribution in [0.4, 0.5) is 15.8 Å². The van der Waals surface area contributed by atoms with E-state index in [4.69, 9.17) is 9.47 Å². The summed E-state index contributed by atoms with van der Waals surface area (Å²) in [5, 5.41) is 13.7. The van der Waals surface area contributed by atoms with Gasteiger partial charge in [-0.15, -0.1) is 0 Å². The Morgan fingerprint density at radius 1 is 1.47 bits per heavy atom. The van der Waals surface area contributed by atoms with Crippen molar-refractivity contribution in [3.05, 3.63) is 34.1 Å². The van der Waals surface area contributed by atoms with E-state index in [1.807, 2.05) is 6.92 Å². The summed E-state index contributed by atoms with van der Waals surface area (Å²) in [6, 6.07) is 3.43. The normalized spacial score (nSPS) is 17.4. The number of hydrogen-bond donors (Lipinski definition) is 1. The van der Waals surface area contributed by atoms with E-state index < -0.39 is 16.5 Å². The molecule has 0 saturated carbocycles. The lowest BCUT2D eigenvalue weighted by atomic mass is 10.2. The van der Waals surface area contributed by atoms with Crippen molar-refractivity contribution >= 4 is 11.4 Å². The second-order valence-corrected chi connectivity index (χ2v) is 4.43. The Labute approximate surface area is 109 Å². The molecule has 1 aromatic carbocycles. The van der Waals surface area contributed by atoms with Crippen LogP contribution in [0.1, 0.15) is 13.3 Å². The lowest BCUT2D eigenvalue weighted by molar-refractivity contribution is -0.384. The van der Waals surface area contributed by atoms with Gasteiger partial charge in [0.05, 0.1) is 24.2 Å². The van der Waals surface area contributed by atoms with Crippen molar-refractivity contribution in [2.75, 3.05) is 25.1 Å². The van der Waals surface area contributed by atoms with Crippen LogP contribution in [0.25, 0.3) is 0 Å². The fourth-order valence-corrected chi connectivity index (χ4v) is 1.93. The second-order valence-electron chi connectivity index (χ2n) is 4.43. The van der Waals surface area contributed by atoms with Crippen molar-refractivity contribution in [1.82, 2.24) is 0 Å². The van der Waals surface area contributed by atoms with Crippen molar-refractivity contribution in [2.45, 2.75) is 19.1 Å². The van der Waals surface area contributed by atoms with E-state index in [-0.39, 0.29) is 11.4 Å². The Morgan fingerprint density at radius 2 is 2.16 bits per heavy atom. The number of nitrogens with zero attached hydrogens (tertiary/aromatic N) is 1. The Hall–Kier alpha value is -1.73. The van der Waals surface area contributed by atoms with Crippen molar-refractivity contribution < 1.29 is 18.8 Å². The molecule has 0 atom stereocenters. The molecule has 1 aromatic rings. The lowest BCUT2D eigenvalue weighted by Crippen LogP contribution is -2.28. The summed E-state index contributed by atoms with van der Waals surface area (Å²) in [6.45, 7) is 3.35. The van der Waals surface area contributed by atoms with Gasteiger partial charge in [-0.3, -0.25) is 10.1 Å². The quantitative estimate of drug-likeness (QED) is 0.656. The average Bonchev–Trinajstić information content (AvgIpc) is 2.78. The molecule has 1 fully saturated rings.